The van der Waals surface area contributed by atoms with Gasteiger partial charge in [-0.05, 0) is 43.5 Å². The van der Waals surface area contributed by atoms with Gasteiger partial charge in [-0.3, -0.25) is 0 Å². The van der Waals surface area contributed by atoms with E-state index in [9.17, 15) is 8.42 Å². The summed E-state index contributed by atoms with van der Waals surface area (Å²) in [6, 6.07) is 3.73. The molecule has 1 atom stereocenters. The van der Waals surface area contributed by atoms with Crippen LogP contribution in [0.2, 0.25) is 5.02 Å². The lowest BCUT2D eigenvalue weighted by Gasteiger charge is -2.14. The predicted octanol–water partition coefficient (Wildman–Crippen LogP) is 2.27. The third-order valence-electron chi connectivity index (χ3n) is 3.66. The highest BCUT2D eigenvalue weighted by Gasteiger charge is 2.27. The first-order valence-corrected chi connectivity index (χ1v) is 9.55. The molecule has 7 heteroatoms. The number of rotatable bonds is 7. The lowest BCUT2D eigenvalue weighted by atomic mass is 10.1. The van der Waals surface area contributed by atoms with Gasteiger partial charge in [-0.2, -0.15) is 0 Å². The molecule has 5 nitrogen and oxygen atoms in total. The molecule has 0 spiro atoms. The van der Waals surface area contributed by atoms with Crippen LogP contribution in [0.15, 0.2) is 12.1 Å². The third kappa shape index (κ3) is 4.51. The molecule has 0 aromatic heterocycles. The number of hydrogen-bond acceptors (Lipinski definition) is 5. The van der Waals surface area contributed by atoms with Gasteiger partial charge in [0, 0.05) is 6.54 Å². The average Bonchev–Trinajstić information content (AvgIpc) is 2.78. The van der Waals surface area contributed by atoms with Crippen LogP contribution in [0.4, 0.5) is 0 Å². The fraction of sp³-hybridized carbons (Fsp3) is 0.600. The van der Waals surface area contributed by atoms with Crippen molar-refractivity contribution in [3.8, 4) is 11.5 Å². The highest BCUT2D eigenvalue weighted by Crippen LogP contribution is 2.36. The Morgan fingerprint density at radius 2 is 2.18 bits per heavy atom. The van der Waals surface area contributed by atoms with Crippen LogP contribution in [0.3, 0.4) is 0 Å². The highest BCUT2D eigenvalue weighted by molar-refractivity contribution is 7.91. The Labute approximate surface area is 136 Å². The summed E-state index contributed by atoms with van der Waals surface area (Å²) in [4.78, 5) is 0. The van der Waals surface area contributed by atoms with Crippen molar-refractivity contribution in [2.45, 2.75) is 19.9 Å². The molecule has 1 aromatic rings. The summed E-state index contributed by atoms with van der Waals surface area (Å²) in [5.41, 5.74) is 0.982. The SMILES string of the molecule is CCOc1cc(CNCC2CCS(=O)(=O)C2)cc(Cl)c1OC. The number of hydrogen-bond donors (Lipinski definition) is 1. The molecule has 1 aliphatic heterocycles. The highest BCUT2D eigenvalue weighted by atomic mass is 35.5. The van der Waals surface area contributed by atoms with E-state index in [2.05, 4.69) is 5.32 Å². The lowest BCUT2D eigenvalue weighted by molar-refractivity contribution is 0.310. The molecule has 1 aromatic carbocycles. The molecule has 124 valence electrons. The van der Waals surface area contributed by atoms with Crippen molar-refractivity contribution < 1.29 is 17.9 Å². The first-order valence-electron chi connectivity index (χ1n) is 7.35. The number of sulfone groups is 1. The molecule has 2 rings (SSSR count). The molecular weight excluding hydrogens is 326 g/mol. The molecule has 1 aliphatic rings. The monoisotopic (exact) mass is 347 g/mol. The number of nitrogens with one attached hydrogen (secondary N) is 1. The molecule has 0 amide bonds. The predicted molar refractivity (Wildman–Crippen MR) is 87.6 cm³/mol. The van der Waals surface area contributed by atoms with Gasteiger partial charge >= 0.3 is 0 Å². The van der Waals surface area contributed by atoms with Gasteiger partial charge in [0.15, 0.2) is 21.3 Å². The van der Waals surface area contributed by atoms with Gasteiger partial charge in [-0.1, -0.05) is 11.6 Å². The largest absolute Gasteiger partial charge is 0.491 e. The second-order valence-corrected chi connectivity index (χ2v) is 8.08. The quantitative estimate of drug-likeness (QED) is 0.819. The van der Waals surface area contributed by atoms with E-state index in [4.69, 9.17) is 21.1 Å². The van der Waals surface area contributed by atoms with Gasteiger partial charge in [0.2, 0.25) is 0 Å². The summed E-state index contributed by atoms with van der Waals surface area (Å²) in [7, 11) is -1.26. The first kappa shape index (κ1) is 17.4. The van der Waals surface area contributed by atoms with Crippen molar-refractivity contribution in [3.05, 3.63) is 22.7 Å². The van der Waals surface area contributed by atoms with Gasteiger partial charge < -0.3 is 14.8 Å². The van der Waals surface area contributed by atoms with Crippen LogP contribution in [-0.4, -0.2) is 40.2 Å². The van der Waals surface area contributed by atoms with Crippen molar-refractivity contribution in [1.82, 2.24) is 5.32 Å². The fourth-order valence-corrected chi connectivity index (χ4v) is 4.81. The molecular formula is C15H22ClNO4S. The number of ether oxygens (including phenoxy) is 2. The minimum atomic E-state index is -2.82. The zero-order chi connectivity index (χ0) is 16.2. The molecule has 0 aliphatic carbocycles. The Kier molecular flexibility index (Phi) is 5.94. The molecule has 1 saturated heterocycles. The first-order chi connectivity index (χ1) is 10.4. The topological polar surface area (TPSA) is 64.6 Å². The van der Waals surface area contributed by atoms with E-state index >= 15 is 0 Å². The Morgan fingerprint density at radius 3 is 2.77 bits per heavy atom. The summed E-state index contributed by atoms with van der Waals surface area (Å²) < 4.78 is 33.6. The maximum absolute atomic E-state index is 11.4. The van der Waals surface area contributed by atoms with Gasteiger partial charge in [0.05, 0.1) is 30.2 Å². The van der Waals surface area contributed by atoms with Crippen LogP contribution in [0.5, 0.6) is 11.5 Å². The standard InChI is InChI=1S/C15H22ClNO4S/c1-3-21-14-7-12(6-13(16)15(14)20-2)9-17-8-11-4-5-22(18,19)10-11/h6-7,11,17H,3-5,8-10H2,1-2H3. The normalized spacial score (nSPS) is 20.0. The summed E-state index contributed by atoms with van der Waals surface area (Å²) in [6.07, 6.45) is 0.739. The Hall–Kier alpha value is -0.980. The van der Waals surface area contributed by atoms with Crippen LogP contribution >= 0.6 is 11.6 Å². The molecule has 0 bridgehead atoms. The number of halogens is 1. The summed E-state index contributed by atoms with van der Waals surface area (Å²) in [5.74, 6) is 1.95. The Bertz CT molecular complexity index is 618. The van der Waals surface area contributed by atoms with Crippen molar-refractivity contribution in [1.29, 1.82) is 0 Å². The van der Waals surface area contributed by atoms with Crippen LogP contribution in [0, 0.1) is 5.92 Å². The zero-order valence-corrected chi connectivity index (χ0v) is 14.5. The summed E-state index contributed by atoms with van der Waals surface area (Å²) in [6.45, 7) is 3.73. The zero-order valence-electron chi connectivity index (χ0n) is 12.9. The van der Waals surface area contributed by atoms with Gasteiger partial charge in [-0.15, -0.1) is 0 Å². The lowest BCUT2D eigenvalue weighted by Crippen LogP contribution is -2.23. The maximum Gasteiger partial charge on any atom is 0.179 e. The molecule has 0 saturated carbocycles. The van der Waals surface area contributed by atoms with E-state index in [1.807, 2.05) is 19.1 Å². The second-order valence-electron chi connectivity index (χ2n) is 5.44. The van der Waals surface area contributed by atoms with Crippen molar-refractivity contribution >= 4 is 21.4 Å². The third-order valence-corrected chi connectivity index (χ3v) is 5.78. The Balaban J connectivity index is 1.95. The van der Waals surface area contributed by atoms with Gasteiger partial charge in [0.25, 0.3) is 0 Å². The van der Waals surface area contributed by atoms with Crippen molar-refractivity contribution in [2.75, 3.05) is 31.8 Å². The van der Waals surface area contributed by atoms with Gasteiger partial charge in [0.1, 0.15) is 0 Å². The molecule has 1 unspecified atom stereocenters. The second kappa shape index (κ2) is 7.53. The van der Waals surface area contributed by atoms with Crippen molar-refractivity contribution in [3.63, 3.8) is 0 Å². The summed E-state index contributed by atoms with van der Waals surface area (Å²) in [5, 5.41) is 3.80. The van der Waals surface area contributed by atoms with Crippen LogP contribution < -0.4 is 14.8 Å². The van der Waals surface area contributed by atoms with Crippen molar-refractivity contribution in [2.24, 2.45) is 5.92 Å². The van der Waals surface area contributed by atoms with E-state index in [0.717, 1.165) is 12.0 Å². The number of methoxy groups -OCH3 is 1. The minimum absolute atomic E-state index is 0.199. The smallest absolute Gasteiger partial charge is 0.179 e. The van der Waals surface area contributed by atoms with Gasteiger partial charge in [-0.25, -0.2) is 8.42 Å². The molecule has 1 heterocycles. The molecule has 22 heavy (non-hydrogen) atoms. The van der Waals surface area contributed by atoms with Crippen LogP contribution in [0.25, 0.3) is 0 Å². The minimum Gasteiger partial charge on any atom is -0.491 e. The van der Waals surface area contributed by atoms with Crippen LogP contribution in [0.1, 0.15) is 18.9 Å². The Morgan fingerprint density at radius 1 is 1.41 bits per heavy atom. The molecule has 1 fully saturated rings. The molecule has 0 radical (unpaired) electrons. The van der Waals surface area contributed by atoms with Crippen LogP contribution in [-0.2, 0) is 16.4 Å². The molecule has 1 N–H and O–H groups in total. The van der Waals surface area contributed by atoms with E-state index in [-0.39, 0.29) is 11.7 Å². The fourth-order valence-electron chi connectivity index (χ4n) is 2.64. The van der Waals surface area contributed by atoms with E-state index in [1.165, 1.54) is 0 Å². The maximum atomic E-state index is 11.4. The number of benzene rings is 1. The van der Waals surface area contributed by atoms with E-state index < -0.39 is 9.84 Å². The average molecular weight is 348 g/mol. The summed E-state index contributed by atoms with van der Waals surface area (Å²) >= 11 is 6.20. The van der Waals surface area contributed by atoms with E-state index in [1.54, 1.807) is 7.11 Å². The van der Waals surface area contributed by atoms with E-state index in [0.29, 0.717) is 42.0 Å².